The first-order chi connectivity index (χ1) is 15.0. The highest BCUT2D eigenvalue weighted by molar-refractivity contribution is 5.66. The first-order valence-electron chi connectivity index (χ1n) is 13.5. The molecule has 0 bridgehead atoms. The van der Waals surface area contributed by atoms with E-state index in [-0.39, 0.29) is 46.9 Å². The van der Waals surface area contributed by atoms with Crippen LogP contribution in [0.15, 0.2) is 0 Å². The van der Waals surface area contributed by atoms with E-state index in [2.05, 4.69) is 34.6 Å². The second-order valence-electron chi connectivity index (χ2n) is 12.8. The molecule has 2 N–H and O–H groups in total. The maximum absolute atomic E-state index is 12.1. The van der Waals surface area contributed by atoms with Crippen LogP contribution in [-0.4, -0.2) is 35.0 Å². The molecular formula is C28H48O4. The fraction of sp³-hybridized carbons (Fsp3) is 0.964. The number of aliphatic hydroxyl groups is 2. The maximum atomic E-state index is 12.1. The van der Waals surface area contributed by atoms with E-state index in [1.807, 2.05) is 0 Å². The minimum atomic E-state index is -0.289. The molecule has 4 fully saturated rings. The first-order valence-corrected chi connectivity index (χ1v) is 13.5. The molecule has 0 radical (unpaired) electrons. The second kappa shape index (κ2) is 8.56. The van der Waals surface area contributed by atoms with Crippen LogP contribution in [0.4, 0.5) is 0 Å². The van der Waals surface area contributed by atoms with Crippen LogP contribution in [0.3, 0.4) is 0 Å². The zero-order chi connectivity index (χ0) is 23.5. The number of carbonyl (C=O) groups is 1. The lowest BCUT2D eigenvalue weighted by Crippen LogP contribution is -2.67. The van der Waals surface area contributed by atoms with E-state index in [4.69, 9.17) is 4.74 Å². The van der Waals surface area contributed by atoms with Crippen molar-refractivity contribution in [3.8, 4) is 0 Å². The van der Waals surface area contributed by atoms with Gasteiger partial charge < -0.3 is 14.9 Å². The summed E-state index contributed by atoms with van der Waals surface area (Å²) in [5, 5.41) is 21.7. The van der Waals surface area contributed by atoms with Gasteiger partial charge in [-0.2, -0.15) is 0 Å². The molecule has 4 nitrogen and oxygen atoms in total. The largest absolute Gasteiger partial charge is 0.463 e. The third kappa shape index (κ3) is 3.41. The van der Waals surface area contributed by atoms with Gasteiger partial charge >= 0.3 is 5.97 Å². The van der Waals surface area contributed by atoms with E-state index in [0.717, 1.165) is 32.1 Å². The molecule has 0 heterocycles. The summed E-state index contributed by atoms with van der Waals surface area (Å²) in [5.74, 6) is 2.80. The lowest BCUT2D eigenvalue weighted by molar-refractivity contribution is -0.251. The van der Waals surface area contributed by atoms with Gasteiger partial charge in [0.15, 0.2) is 0 Å². The number of rotatable bonds is 5. The van der Waals surface area contributed by atoms with Crippen LogP contribution in [-0.2, 0) is 9.53 Å². The maximum Gasteiger partial charge on any atom is 0.302 e. The molecule has 4 aliphatic carbocycles. The smallest absolute Gasteiger partial charge is 0.302 e. The van der Waals surface area contributed by atoms with E-state index in [9.17, 15) is 15.0 Å². The molecule has 0 spiro atoms. The number of esters is 1. The molecule has 0 saturated heterocycles. The highest BCUT2D eigenvalue weighted by atomic mass is 16.5. The Morgan fingerprint density at radius 2 is 1.72 bits per heavy atom. The summed E-state index contributed by atoms with van der Waals surface area (Å²) in [6.07, 6.45) is 9.49. The standard InChI is InChI=1S/C28H48O4/c1-7-20-22-16-19(32-18(3)30)10-13-27(22,5)24-11-14-26(4)21(17(2)12-15-29)8-9-23(26)28(24,6)25(20)31/h17,19-25,29,31H,7-16H2,1-6H3/t17-,19-,20-,21-,22?,23-,24-,25-,26-,27+,28+/m1/s1. The van der Waals surface area contributed by atoms with E-state index in [0.29, 0.717) is 29.6 Å². The molecule has 4 heteroatoms. The van der Waals surface area contributed by atoms with Gasteiger partial charge in [0.05, 0.1) is 6.10 Å². The quantitative estimate of drug-likeness (QED) is 0.538. The topological polar surface area (TPSA) is 66.8 Å². The minimum absolute atomic E-state index is 0.0141. The summed E-state index contributed by atoms with van der Waals surface area (Å²) in [7, 11) is 0. The lowest BCUT2D eigenvalue weighted by Gasteiger charge is -2.69. The normalized spacial score (nSPS) is 51.3. The fourth-order valence-corrected chi connectivity index (χ4v) is 10.4. The first kappa shape index (κ1) is 24.5. The Morgan fingerprint density at radius 3 is 2.34 bits per heavy atom. The predicted octanol–water partition coefficient (Wildman–Crippen LogP) is 5.59. The van der Waals surface area contributed by atoms with Crippen molar-refractivity contribution in [1.29, 1.82) is 0 Å². The van der Waals surface area contributed by atoms with Crippen LogP contribution >= 0.6 is 0 Å². The van der Waals surface area contributed by atoms with Gasteiger partial charge in [0.1, 0.15) is 6.10 Å². The summed E-state index contributed by atoms with van der Waals surface area (Å²) < 4.78 is 5.68. The molecule has 0 aromatic heterocycles. The third-order valence-corrected chi connectivity index (χ3v) is 11.7. The average Bonchev–Trinajstić information content (AvgIpc) is 3.08. The van der Waals surface area contributed by atoms with Crippen LogP contribution in [0.25, 0.3) is 0 Å². The van der Waals surface area contributed by atoms with Crippen LogP contribution in [0.5, 0.6) is 0 Å². The Labute approximate surface area is 195 Å². The van der Waals surface area contributed by atoms with Crippen molar-refractivity contribution in [2.45, 2.75) is 112 Å². The van der Waals surface area contributed by atoms with E-state index in [1.54, 1.807) is 0 Å². The summed E-state index contributed by atoms with van der Waals surface area (Å²) in [6.45, 7) is 13.9. The monoisotopic (exact) mass is 448 g/mol. The number of hydrogen-bond donors (Lipinski definition) is 2. The summed E-state index contributed by atoms with van der Waals surface area (Å²) in [6, 6.07) is 0. The summed E-state index contributed by atoms with van der Waals surface area (Å²) in [4.78, 5) is 11.7. The van der Waals surface area contributed by atoms with Gasteiger partial charge in [0.25, 0.3) is 0 Å². The van der Waals surface area contributed by atoms with Crippen molar-refractivity contribution < 1.29 is 19.7 Å². The molecular weight excluding hydrogens is 400 g/mol. The van der Waals surface area contributed by atoms with Crippen molar-refractivity contribution in [2.75, 3.05) is 6.61 Å². The van der Waals surface area contributed by atoms with Crippen LogP contribution in [0.1, 0.15) is 99.3 Å². The van der Waals surface area contributed by atoms with Gasteiger partial charge in [0.2, 0.25) is 0 Å². The third-order valence-electron chi connectivity index (χ3n) is 11.7. The SMILES string of the molecule is CC[C@@H]1C2C[C@H](OC(C)=O)CC[C@]2(C)[C@H]2CC[C@]3(C)[C@@H]([C@H](C)CCO)CC[C@H]3[C@]2(C)[C@@H]1O. The number of hydrogen-bond acceptors (Lipinski definition) is 4. The highest BCUT2D eigenvalue weighted by Gasteiger charge is 2.70. The molecule has 0 aromatic rings. The Hall–Kier alpha value is -0.610. The molecule has 0 aliphatic heterocycles. The van der Waals surface area contributed by atoms with E-state index >= 15 is 0 Å². The Kier molecular flexibility index (Phi) is 6.55. The van der Waals surface area contributed by atoms with Gasteiger partial charge in [-0.15, -0.1) is 0 Å². The van der Waals surface area contributed by atoms with E-state index in [1.165, 1.54) is 32.6 Å². The summed E-state index contributed by atoms with van der Waals surface area (Å²) >= 11 is 0. The second-order valence-corrected chi connectivity index (χ2v) is 12.8. The van der Waals surface area contributed by atoms with Crippen molar-refractivity contribution in [1.82, 2.24) is 0 Å². The molecule has 0 amide bonds. The Bertz CT molecular complexity index is 708. The van der Waals surface area contributed by atoms with E-state index < -0.39 is 0 Å². The zero-order valence-corrected chi connectivity index (χ0v) is 21.4. The van der Waals surface area contributed by atoms with Crippen molar-refractivity contribution in [3.05, 3.63) is 0 Å². The van der Waals surface area contributed by atoms with Crippen LogP contribution in [0.2, 0.25) is 0 Å². The van der Waals surface area contributed by atoms with Crippen molar-refractivity contribution >= 4 is 5.97 Å². The molecule has 4 rings (SSSR count). The molecule has 1 unspecified atom stereocenters. The molecule has 11 atom stereocenters. The molecule has 4 saturated carbocycles. The lowest BCUT2D eigenvalue weighted by atomic mass is 9.36. The Balaban J connectivity index is 1.69. The van der Waals surface area contributed by atoms with Gasteiger partial charge in [-0.05, 0) is 97.7 Å². The number of fused-ring (bicyclic) bond motifs is 5. The predicted molar refractivity (Wildman–Crippen MR) is 127 cm³/mol. The van der Waals surface area contributed by atoms with Crippen molar-refractivity contribution in [2.24, 2.45) is 51.8 Å². The van der Waals surface area contributed by atoms with Gasteiger partial charge in [-0.25, -0.2) is 0 Å². The van der Waals surface area contributed by atoms with Gasteiger partial charge in [-0.3, -0.25) is 4.79 Å². The van der Waals surface area contributed by atoms with Crippen LogP contribution in [0, 0.1) is 51.8 Å². The van der Waals surface area contributed by atoms with Gasteiger partial charge in [0, 0.05) is 18.9 Å². The highest BCUT2D eigenvalue weighted by Crippen LogP contribution is 2.74. The molecule has 32 heavy (non-hydrogen) atoms. The van der Waals surface area contributed by atoms with Gasteiger partial charge in [-0.1, -0.05) is 41.0 Å². The number of aliphatic hydroxyl groups excluding tert-OH is 2. The molecule has 184 valence electrons. The Morgan fingerprint density at radius 1 is 1.06 bits per heavy atom. The fourth-order valence-electron chi connectivity index (χ4n) is 10.4. The average molecular weight is 449 g/mol. The molecule has 0 aromatic carbocycles. The number of ether oxygens (including phenoxy) is 1. The number of carbonyl (C=O) groups excluding carboxylic acids is 1. The van der Waals surface area contributed by atoms with Crippen molar-refractivity contribution in [3.63, 3.8) is 0 Å². The van der Waals surface area contributed by atoms with Crippen LogP contribution < -0.4 is 0 Å². The minimum Gasteiger partial charge on any atom is -0.463 e. The molecule has 4 aliphatic rings. The summed E-state index contributed by atoms with van der Waals surface area (Å²) in [5.41, 5.74) is 0.416. The zero-order valence-electron chi connectivity index (χ0n) is 21.4.